The zero-order chi connectivity index (χ0) is 16.1. The second-order valence-electron chi connectivity index (χ2n) is 4.77. The first kappa shape index (κ1) is 15.9. The number of ether oxygens (including phenoxy) is 1. The molecule has 0 saturated heterocycles. The summed E-state index contributed by atoms with van der Waals surface area (Å²) in [7, 11) is 0. The predicted octanol–water partition coefficient (Wildman–Crippen LogP) is 2.75. The molecule has 0 fully saturated rings. The molecule has 0 amide bonds. The predicted molar refractivity (Wildman–Crippen MR) is 78.0 cm³/mol. The van der Waals surface area contributed by atoms with Gasteiger partial charge in [0.1, 0.15) is 5.82 Å². The van der Waals surface area contributed by atoms with E-state index in [2.05, 4.69) is 0 Å². The molecular formula is C17H15FO4. The summed E-state index contributed by atoms with van der Waals surface area (Å²) < 4.78 is 17.9. The van der Waals surface area contributed by atoms with Crippen LogP contribution in [0.3, 0.4) is 0 Å². The fraction of sp³-hybridized carbons (Fsp3) is 0.176. The minimum Gasteiger partial charge on any atom is -0.451 e. The molecule has 0 aliphatic carbocycles. The summed E-state index contributed by atoms with van der Waals surface area (Å²) in [6.07, 6.45) is -0.976. The van der Waals surface area contributed by atoms with Gasteiger partial charge in [-0.15, -0.1) is 0 Å². The average molecular weight is 302 g/mol. The molecule has 22 heavy (non-hydrogen) atoms. The Morgan fingerprint density at radius 2 is 1.59 bits per heavy atom. The van der Waals surface area contributed by atoms with Crippen molar-refractivity contribution >= 4 is 11.8 Å². The lowest BCUT2D eigenvalue weighted by Crippen LogP contribution is -2.24. The van der Waals surface area contributed by atoms with Crippen LogP contribution in [0, 0.1) is 5.82 Å². The number of carbonyl (C=O) groups excluding carboxylic acids is 2. The molecule has 0 radical (unpaired) electrons. The standard InChI is InChI=1S/C17H15FO4/c1-11(16(20)13-6-8-15(18)9-7-13)22-17(21)14-4-2-12(10-19)3-5-14/h2-9,11,19H,10H2,1H3/t11-/m1/s1. The van der Waals surface area contributed by atoms with Crippen LogP contribution in [-0.2, 0) is 11.3 Å². The van der Waals surface area contributed by atoms with Crippen molar-refractivity contribution in [3.63, 3.8) is 0 Å². The third-order valence-electron chi connectivity index (χ3n) is 3.15. The maximum atomic E-state index is 12.8. The molecule has 4 nitrogen and oxygen atoms in total. The maximum Gasteiger partial charge on any atom is 0.338 e. The fourth-order valence-corrected chi connectivity index (χ4v) is 1.88. The Morgan fingerprint density at radius 1 is 1.05 bits per heavy atom. The van der Waals surface area contributed by atoms with Gasteiger partial charge in [0.2, 0.25) is 5.78 Å². The molecule has 2 aromatic rings. The van der Waals surface area contributed by atoms with Crippen LogP contribution in [0.1, 0.15) is 33.2 Å². The van der Waals surface area contributed by atoms with Gasteiger partial charge in [0.05, 0.1) is 12.2 Å². The van der Waals surface area contributed by atoms with Gasteiger partial charge in [-0.05, 0) is 48.9 Å². The van der Waals surface area contributed by atoms with Gasteiger partial charge >= 0.3 is 5.97 Å². The fourth-order valence-electron chi connectivity index (χ4n) is 1.88. The van der Waals surface area contributed by atoms with Crippen LogP contribution < -0.4 is 0 Å². The minimum atomic E-state index is -0.976. The third kappa shape index (κ3) is 3.77. The molecule has 0 spiro atoms. The number of Topliss-reactive ketones (excluding diaryl/α,β-unsaturated/α-hetero) is 1. The van der Waals surface area contributed by atoms with Crippen molar-refractivity contribution in [1.82, 2.24) is 0 Å². The second-order valence-corrected chi connectivity index (χ2v) is 4.77. The van der Waals surface area contributed by atoms with Crippen molar-refractivity contribution in [2.24, 2.45) is 0 Å². The highest BCUT2D eigenvalue weighted by Gasteiger charge is 2.20. The van der Waals surface area contributed by atoms with E-state index in [1.165, 1.54) is 43.3 Å². The zero-order valence-corrected chi connectivity index (χ0v) is 12.0. The van der Waals surface area contributed by atoms with Gasteiger partial charge in [-0.1, -0.05) is 12.1 Å². The molecule has 0 unspecified atom stereocenters. The molecule has 2 rings (SSSR count). The molecule has 5 heteroatoms. The summed E-state index contributed by atoms with van der Waals surface area (Å²) in [5.74, 6) is -1.47. The summed E-state index contributed by atoms with van der Waals surface area (Å²) >= 11 is 0. The van der Waals surface area contributed by atoms with Crippen molar-refractivity contribution in [3.8, 4) is 0 Å². The Morgan fingerprint density at radius 3 is 2.14 bits per heavy atom. The largest absolute Gasteiger partial charge is 0.451 e. The quantitative estimate of drug-likeness (QED) is 0.681. The highest BCUT2D eigenvalue weighted by Crippen LogP contribution is 2.11. The number of hydrogen-bond donors (Lipinski definition) is 1. The number of aliphatic hydroxyl groups excluding tert-OH is 1. The molecule has 0 aliphatic heterocycles. The van der Waals surface area contributed by atoms with Gasteiger partial charge in [0, 0.05) is 5.56 Å². The molecule has 0 aromatic heterocycles. The summed E-state index contributed by atoms with van der Waals surface area (Å²) in [6, 6.07) is 11.3. The Kier molecular flexibility index (Phi) is 5.01. The molecular weight excluding hydrogens is 287 g/mol. The van der Waals surface area contributed by atoms with Crippen molar-refractivity contribution in [1.29, 1.82) is 0 Å². The topological polar surface area (TPSA) is 63.6 Å². The van der Waals surface area contributed by atoms with Crippen LogP contribution in [0.4, 0.5) is 4.39 Å². The van der Waals surface area contributed by atoms with Crippen molar-refractivity contribution in [3.05, 3.63) is 71.0 Å². The number of halogens is 1. The number of carbonyl (C=O) groups is 2. The maximum absolute atomic E-state index is 12.8. The van der Waals surface area contributed by atoms with E-state index in [1.54, 1.807) is 12.1 Å². The van der Waals surface area contributed by atoms with Crippen LogP contribution >= 0.6 is 0 Å². The van der Waals surface area contributed by atoms with E-state index in [4.69, 9.17) is 9.84 Å². The first-order valence-electron chi connectivity index (χ1n) is 6.72. The Bertz CT molecular complexity index is 662. The van der Waals surface area contributed by atoms with E-state index in [1.807, 2.05) is 0 Å². The van der Waals surface area contributed by atoms with E-state index >= 15 is 0 Å². The average Bonchev–Trinajstić information content (AvgIpc) is 2.54. The summed E-state index contributed by atoms with van der Waals surface area (Å²) in [4.78, 5) is 24.0. The third-order valence-corrected chi connectivity index (χ3v) is 3.15. The molecule has 114 valence electrons. The lowest BCUT2D eigenvalue weighted by molar-refractivity contribution is 0.0318. The van der Waals surface area contributed by atoms with Crippen LogP contribution in [-0.4, -0.2) is 23.0 Å². The van der Waals surface area contributed by atoms with Crippen LogP contribution in [0.15, 0.2) is 48.5 Å². The van der Waals surface area contributed by atoms with Crippen molar-refractivity contribution in [2.45, 2.75) is 19.6 Å². The van der Waals surface area contributed by atoms with E-state index in [0.29, 0.717) is 5.56 Å². The monoisotopic (exact) mass is 302 g/mol. The van der Waals surface area contributed by atoms with Gasteiger partial charge in [-0.2, -0.15) is 0 Å². The Labute approximate surface area is 127 Å². The van der Waals surface area contributed by atoms with Gasteiger partial charge in [0.15, 0.2) is 6.10 Å². The van der Waals surface area contributed by atoms with Crippen molar-refractivity contribution in [2.75, 3.05) is 0 Å². The summed E-state index contributed by atoms with van der Waals surface area (Å²) in [5, 5.41) is 8.94. The summed E-state index contributed by atoms with van der Waals surface area (Å²) in [6.45, 7) is 1.35. The van der Waals surface area contributed by atoms with Crippen LogP contribution in [0.25, 0.3) is 0 Å². The van der Waals surface area contributed by atoms with E-state index in [0.717, 1.165) is 0 Å². The van der Waals surface area contributed by atoms with Crippen molar-refractivity contribution < 1.29 is 23.8 Å². The summed E-state index contributed by atoms with van der Waals surface area (Å²) in [5.41, 5.74) is 1.24. The van der Waals surface area contributed by atoms with Gasteiger partial charge in [-0.25, -0.2) is 9.18 Å². The first-order chi connectivity index (χ1) is 10.5. The van der Waals surface area contributed by atoms with E-state index in [9.17, 15) is 14.0 Å². The molecule has 0 saturated carbocycles. The van der Waals surface area contributed by atoms with Crippen LogP contribution in [0.5, 0.6) is 0 Å². The molecule has 0 heterocycles. The van der Waals surface area contributed by atoms with Gasteiger partial charge < -0.3 is 9.84 Å². The molecule has 0 bridgehead atoms. The number of hydrogen-bond acceptors (Lipinski definition) is 4. The zero-order valence-electron chi connectivity index (χ0n) is 12.0. The molecule has 0 aliphatic rings. The van der Waals surface area contributed by atoms with Crippen LogP contribution in [0.2, 0.25) is 0 Å². The smallest absolute Gasteiger partial charge is 0.338 e. The number of esters is 1. The van der Waals surface area contributed by atoms with E-state index in [-0.39, 0.29) is 17.7 Å². The van der Waals surface area contributed by atoms with E-state index < -0.39 is 23.7 Å². The minimum absolute atomic E-state index is 0.116. The number of aliphatic hydroxyl groups is 1. The molecule has 1 atom stereocenters. The lowest BCUT2D eigenvalue weighted by atomic mass is 10.1. The highest BCUT2D eigenvalue weighted by atomic mass is 19.1. The second kappa shape index (κ2) is 6.95. The lowest BCUT2D eigenvalue weighted by Gasteiger charge is -2.12. The molecule has 2 aromatic carbocycles. The molecule has 1 N–H and O–H groups in total. The first-order valence-corrected chi connectivity index (χ1v) is 6.72. The number of rotatable bonds is 5. The Hall–Kier alpha value is -2.53. The Balaban J connectivity index is 2.03. The normalized spacial score (nSPS) is 11.8. The number of ketones is 1. The SMILES string of the molecule is C[C@@H](OC(=O)c1ccc(CO)cc1)C(=O)c1ccc(F)cc1. The highest BCUT2D eigenvalue weighted by molar-refractivity contribution is 6.01. The number of benzene rings is 2. The van der Waals surface area contributed by atoms with Gasteiger partial charge in [-0.3, -0.25) is 4.79 Å². The van der Waals surface area contributed by atoms with Gasteiger partial charge in [0.25, 0.3) is 0 Å².